The minimum atomic E-state index is -0.105. The van der Waals surface area contributed by atoms with Crippen molar-refractivity contribution in [2.24, 2.45) is 0 Å². The van der Waals surface area contributed by atoms with Gasteiger partial charge in [0.15, 0.2) is 0 Å². The topological polar surface area (TPSA) is 8.17 Å². The number of nitrogens with zero attached hydrogens (tertiary/aromatic N) is 2. The summed E-state index contributed by atoms with van der Waals surface area (Å²) in [5, 5.41) is 2.55. The third-order valence-corrected chi connectivity index (χ3v) is 12.8. The number of hydrogen-bond acceptors (Lipinski definition) is 1. The first-order valence-corrected chi connectivity index (χ1v) is 19.8. The predicted octanol–water partition coefficient (Wildman–Crippen LogP) is 14.5. The molecule has 0 fully saturated rings. The number of aromatic nitrogens is 1. The lowest BCUT2D eigenvalue weighted by Gasteiger charge is -2.30. The standard InChI is InChI=1S/C54H42N2/c1-53(2)46-22-10-6-20-44(46)52-47(53)23-14-26-51(52)55(39-31-32-41-40-17-5-9-21-45(40)54(3,4)48(41)34-39)37-29-27-35(28-30-37)36-15-13-16-38(33-36)56-49-24-11-7-18-42(49)43-19-8-12-25-50(43)56/h5-34H,1-4H3. The molecule has 2 aliphatic carbocycles. The maximum Gasteiger partial charge on any atom is 0.0543 e. The molecule has 0 aliphatic heterocycles. The first-order chi connectivity index (χ1) is 27.3. The van der Waals surface area contributed by atoms with Crippen LogP contribution in [0.4, 0.5) is 17.1 Å². The lowest BCUT2D eigenvalue weighted by molar-refractivity contribution is 0.660. The Balaban J connectivity index is 1.06. The van der Waals surface area contributed by atoms with Gasteiger partial charge in [0.1, 0.15) is 0 Å². The van der Waals surface area contributed by atoms with Gasteiger partial charge in [-0.2, -0.15) is 0 Å². The van der Waals surface area contributed by atoms with Gasteiger partial charge in [-0.3, -0.25) is 0 Å². The van der Waals surface area contributed by atoms with Crippen LogP contribution in [0.2, 0.25) is 0 Å². The molecule has 0 amide bonds. The highest BCUT2D eigenvalue weighted by atomic mass is 15.1. The lowest BCUT2D eigenvalue weighted by atomic mass is 9.82. The zero-order chi connectivity index (χ0) is 37.8. The fraction of sp³-hybridized carbons (Fsp3) is 0.111. The molecule has 11 rings (SSSR count). The Morgan fingerprint density at radius 2 is 0.946 bits per heavy atom. The van der Waals surface area contributed by atoms with Crippen LogP contribution in [0.15, 0.2) is 182 Å². The van der Waals surface area contributed by atoms with Crippen LogP contribution in [0.1, 0.15) is 49.9 Å². The van der Waals surface area contributed by atoms with Gasteiger partial charge in [-0.25, -0.2) is 0 Å². The van der Waals surface area contributed by atoms with Crippen molar-refractivity contribution in [2.45, 2.75) is 38.5 Å². The Morgan fingerprint density at radius 1 is 0.393 bits per heavy atom. The molecule has 0 saturated heterocycles. The van der Waals surface area contributed by atoms with Crippen molar-refractivity contribution in [1.82, 2.24) is 4.57 Å². The van der Waals surface area contributed by atoms with Crippen LogP contribution in [-0.2, 0) is 10.8 Å². The molecule has 1 aromatic heterocycles. The van der Waals surface area contributed by atoms with Crippen molar-refractivity contribution < 1.29 is 0 Å². The van der Waals surface area contributed by atoms with Gasteiger partial charge >= 0.3 is 0 Å². The van der Waals surface area contributed by atoms with Crippen molar-refractivity contribution >= 4 is 38.9 Å². The molecule has 0 N–H and O–H groups in total. The van der Waals surface area contributed by atoms with Crippen LogP contribution in [0.25, 0.3) is 60.9 Å². The highest BCUT2D eigenvalue weighted by Gasteiger charge is 2.39. The molecular weight excluding hydrogens is 677 g/mol. The molecule has 56 heavy (non-hydrogen) atoms. The van der Waals surface area contributed by atoms with Gasteiger partial charge in [0.2, 0.25) is 0 Å². The zero-order valence-corrected chi connectivity index (χ0v) is 32.2. The van der Waals surface area contributed by atoms with E-state index in [4.69, 9.17) is 0 Å². The van der Waals surface area contributed by atoms with Crippen LogP contribution >= 0.6 is 0 Å². The third-order valence-electron chi connectivity index (χ3n) is 12.8. The van der Waals surface area contributed by atoms with Crippen LogP contribution in [-0.4, -0.2) is 4.57 Å². The average Bonchev–Trinajstić information content (AvgIpc) is 3.79. The van der Waals surface area contributed by atoms with E-state index in [1.165, 1.54) is 88.8 Å². The molecule has 8 aromatic carbocycles. The van der Waals surface area contributed by atoms with E-state index in [1.807, 2.05) is 0 Å². The fourth-order valence-electron chi connectivity index (χ4n) is 10.0. The maximum atomic E-state index is 2.49. The normalized spacial score (nSPS) is 14.4. The van der Waals surface area contributed by atoms with Gasteiger partial charge in [0.25, 0.3) is 0 Å². The Morgan fingerprint density at radius 3 is 1.68 bits per heavy atom. The quantitative estimate of drug-likeness (QED) is 0.172. The summed E-state index contributed by atoms with van der Waals surface area (Å²) in [6.07, 6.45) is 0. The number of rotatable bonds is 5. The predicted molar refractivity (Wildman–Crippen MR) is 236 cm³/mol. The summed E-state index contributed by atoms with van der Waals surface area (Å²) in [7, 11) is 0. The SMILES string of the molecule is CC1(C)c2ccccc2-c2ccc(N(c3ccc(-c4cccc(-n5c6ccccc6c6ccccc65)c4)cc3)c3cccc4c3-c3ccccc3C4(C)C)cc21. The molecule has 0 atom stereocenters. The van der Waals surface area contributed by atoms with Crippen molar-refractivity contribution in [2.75, 3.05) is 4.90 Å². The summed E-state index contributed by atoms with van der Waals surface area (Å²) in [5.74, 6) is 0. The van der Waals surface area contributed by atoms with Crippen LogP contribution in [0.5, 0.6) is 0 Å². The second kappa shape index (κ2) is 11.9. The van der Waals surface area contributed by atoms with E-state index in [0.29, 0.717) is 0 Å². The molecule has 2 heteroatoms. The first kappa shape index (κ1) is 32.8. The van der Waals surface area contributed by atoms with Gasteiger partial charge in [-0.1, -0.05) is 155 Å². The highest BCUT2D eigenvalue weighted by molar-refractivity contribution is 6.09. The number of para-hydroxylation sites is 2. The molecule has 0 radical (unpaired) electrons. The summed E-state index contributed by atoms with van der Waals surface area (Å²) >= 11 is 0. The molecular formula is C54H42N2. The van der Waals surface area contributed by atoms with Gasteiger partial charge in [0, 0.05) is 44.2 Å². The van der Waals surface area contributed by atoms with E-state index in [1.54, 1.807) is 0 Å². The Hall–Kier alpha value is -6.64. The van der Waals surface area contributed by atoms with Crippen molar-refractivity contribution in [3.8, 4) is 39.1 Å². The first-order valence-electron chi connectivity index (χ1n) is 19.8. The molecule has 0 bridgehead atoms. The molecule has 9 aromatic rings. The monoisotopic (exact) mass is 718 g/mol. The fourth-order valence-corrected chi connectivity index (χ4v) is 10.0. The number of anilines is 3. The van der Waals surface area contributed by atoms with Gasteiger partial charge in [-0.15, -0.1) is 0 Å². The van der Waals surface area contributed by atoms with E-state index in [0.717, 1.165) is 11.4 Å². The number of fused-ring (bicyclic) bond motifs is 9. The Labute approximate surface area is 328 Å². The second-order valence-corrected chi connectivity index (χ2v) is 16.6. The summed E-state index contributed by atoms with van der Waals surface area (Å²) < 4.78 is 2.40. The summed E-state index contributed by atoms with van der Waals surface area (Å²) in [5.41, 5.74) is 20.1. The summed E-state index contributed by atoms with van der Waals surface area (Å²) in [6, 6.07) is 67.5. The largest absolute Gasteiger partial charge is 0.310 e. The molecule has 2 nitrogen and oxygen atoms in total. The average molecular weight is 719 g/mol. The Kier molecular flexibility index (Phi) is 6.98. The summed E-state index contributed by atoms with van der Waals surface area (Å²) in [4.78, 5) is 2.49. The maximum absolute atomic E-state index is 2.49. The molecule has 0 spiro atoms. The van der Waals surface area contributed by atoms with Crippen LogP contribution < -0.4 is 4.90 Å². The summed E-state index contributed by atoms with van der Waals surface area (Å²) in [6.45, 7) is 9.46. The highest BCUT2D eigenvalue weighted by Crippen LogP contribution is 2.55. The van der Waals surface area contributed by atoms with Crippen LogP contribution in [0.3, 0.4) is 0 Å². The number of benzene rings is 8. The molecule has 268 valence electrons. The molecule has 0 saturated carbocycles. The second-order valence-electron chi connectivity index (χ2n) is 16.6. The van der Waals surface area contributed by atoms with Gasteiger partial charge in [0.05, 0.1) is 16.7 Å². The lowest BCUT2D eigenvalue weighted by Crippen LogP contribution is -2.17. The molecule has 0 unspecified atom stereocenters. The van der Waals surface area contributed by atoms with E-state index >= 15 is 0 Å². The van der Waals surface area contributed by atoms with E-state index in [9.17, 15) is 0 Å². The molecule has 1 heterocycles. The van der Waals surface area contributed by atoms with Gasteiger partial charge < -0.3 is 9.47 Å². The van der Waals surface area contributed by atoms with Crippen LogP contribution in [0, 0.1) is 0 Å². The zero-order valence-electron chi connectivity index (χ0n) is 32.2. The molecule has 2 aliphatic rings. The van der Waals surface area contributed by atoms with E-state index in [-0.39, 0.29) is 10.8 Å². The minimum Gasteiger partial charge on any atom is -0.310 e. The van der Waals surface area contributed by atoms with Gasteiger partial charge in [-0.05, 0) is 105 Å². The van der Waals surface area contributed by atoms with Crippen molar-refractivity contribution in [1.29, 1.82) is 0 Å². The smallest absolute Gasteiger partial charge is 0.0543 e. The number of hydrogen-bond donors (Lipinski definition) is 0. The third kappa shape index (κ3) is 4.62. The minimum absolute atomic E-state index is 0.0968. The van der Waals surface area contributed by atoms with E-state index in [2.05, 4.69) is 219 Å². The Bertz CT molecular complexity index is 2980. The van der Waals surface area contributed by atoms with Crippen molar-refractivity contribution in [3.63, 3.8) is 0 Å². The van der Waals surface area contributed by atoms with Crippen molar-refractivity contribution in [3.05, 3.63) is 204 Å². The van der Waals surface area contributed by atoms with E-state index < -0.39 is 0 Å².